The first-order chi connectivity index (χ1) is 9.04. The van der Waals surface area contributed by atoms with Gasteiger partial charge in [-0.25, -0.2) is 4.98 Å². The van der Waals surface area contributed by atoms with Gasteiger partial charge in [-0.05, 0) is 33.7 Å². The Morgan fingerprint density at radius 3 is 2.74 bits per heavy atom. The fourth-order valence-corrected chi connectivity index (χ4v) is 3.24. The van der Waals surface area contributed by atoms with Gasteiger partial charge in [0.25, 0.3) is 0 Å². The van der Waals surface area contributed by atoms with Crippen LogP contribution in [0, 0.1) is 13.8 Å². The third kappa shape index (κ3) is 2.87. The molecule has 2 aromatic rings. The molecule has 1 N–H and O–H groups in total. The van der Waals surface area contributed by atoms with E-state index in [0.29, 0.717) is 6.04 Å². The summed E-state index contributed by atoms with van der Waals surface area (Å²) in [5, 5.41) is 9.03. The molecule has 0 aliphatic carbocycles. The number of aromatic nitrogens is 3. The molecule has 1 atom stereocenters. The molecule has 1 unspecified atom stereocenters. The van der Waals surface area contributed by atoms with Gasteiger partial charge in [0.2, 0.25) is 0 Å². The van der Waals surface area contributed by atoms with Gasteiger partial charge < -0.3 is 5.32 Å². The summed E-state index contributed by atoms with van der Waals surface area (Å²) in [5.41, 5.74) is 3.41. The fraction of sp³-hybridized carbons (Fsp3) is 0.571. The van der Waals surface area contributed by atoms with Crippen LogP contribution in [0.25, 0.3) is 10.6 Å². The molecule has 104 valence electrons. The topological polar surface area (TPSA) is 42.7 Å². The van der Waals surface area contributed by atoms with Gasteiger partial charge in [0.05, 0.1) is 11.3 Å². The molecule has 0 aliphatic rings. The molecule has 0 radical (unpaired) electrons. The summed E-state index contributed by atoms with van der Waals surface area (Å²) in [6.07, 6.45) is 3.13. The van der Waals surface area contributed by atoms with Gasteiger partial charge in [0.15, 0.2) is 0 Å². The summed E-state index contributed by atoms with van der Waals surface area (Å²) >= 11 is 1.76. The van der Waals surface area contributed by atoms with Crippen molar-refractivity contribution in [1.29, 1.82) is 0 Å². The Morgan fingerprint density at radius 2 is 2.16 bits per heavy atom. The third-order valence-corrected chi connectivity index (χ3v) is 4.57. The summed E-state index contributed by atoms with van der Waals surface area (Å²) in [5.74, 6) is 0. The molecule has 4 nitrogen and oxygen atoms in total. The van der Waals surface area contributed by atoms with E-state index in [1.165, 1.54) is 16.1 Å². The smallest absolute Gasteiger partial charge is 0.127 e. The fourth-order valence-electron chi connectivity index (χ4n) is 2.15. The number of thiazole rings is 1. The SMILES string of the molecule is CCCNC(C)c1cnc(-c2c(C)nn(C)c2C)s1. The van der Waals surface area contributed by atoms with Crippen molar-refractivity contribution in [1.82, 2.24) is 20.1 Å². The zero-order valence-corrected chi connectivity index (χ0v) is 13.1. The van der Waals surface area contributed by atoms with Crippen LogP contribution in [0.15, 0.2) is 6.20 Å². The maximum atomic E-state index is 4.58. The molecule has 0 saturated heterocycles. The minimum absolute atomic E-state index is 0.364. The van der Waals surface area contributed by atoms with E-state index in [2.05, 4.69) is 36.2 Å². The average Bonchev–Trinajstić information content (AvgIpc) is 2.93. The van der Waals surface area contributed by atoms with Crippen molar-refractivity contribution in [2.24, 2.45) is 7.05 Å². The zero-order chi connectivity index (χ0) is 14.0. The highest BCUT2D eigenvalue weighted by molar-refractivity contribution is 7.15. The first kappa shape index (κ1) is 14.2. The number of aryl methyl sites for hydroxylation is 2. The first-order valence-electron chi connectivity index (χ1n) is 6.74. The monoisotopic (exact) mass is 278 g/mol. The van der Waals surface area contributed by atoms with Crippen molar-refractivity contribution in [2.75, 3.05) is 6.54 Å². The molecule has 5 heteroatoms. The minimum atomic E-state index is 0.364. The Hall–Kier alpha value is -1.20. The van der Waals surface area contributed by atoms with Gasteiger partial charge >= 0.3 is 0 Å². The van der Waals surface area contributed by atoms with Crippen molar-refractivity contribution in [3.05, 3.63) is 22.5 Å². The standard InChI is InChI=1S/C14H22N4S/c1-6-7-15-9(2)12-8-16-14(19-12)13-10(3)17-18(5)11(13)4/h8-9,15H,6-7H2,1-5H3. The van der Waals surface area contributed by atoms with Gasteiger partial charge in [-0.1, -0.05) is 6.92 Å². The Balaban J connectivity index is 2.25. The van der Waals surface area contributed by atoms with Crippen molar-refractivity contribution in [3.8, 4) is 10.6 Å². The van der Waals surface area contributed by atoms with E-state index >= 15 is 0 Å². The van der Waals surface area contributed by atoms with Gasteiger partial charge in [-0.2, -0.15) is 5.10 Å². The highest BCUT2D eigenvalue weighted by atomic mass is 32.1. The van der Waals surface area contributed by atoms with Crippen LogP contribution < -0.4 is 5.32 Å². The summed E-state index contributed by atoms with van der Waals surface area (Å²) in [4.78, 5) is 5.86. The summed E-state index contributed by atoms with van der Waals surface area (Å²) in [6.45, 7) is 9.55. The predicted octanol–water partition coefficient (Wildman–Crippen LogP) is 3.22. The number of hydrogen-bond acceptors (Lipinski definition) is 4. The largest absolute Gasteiger partial charge is 0.309 e. The van der Waals surface area contributed by atoms with Crippen molar-refractivity contribution >= 4 is 11.3 Å². The Morgan fingerprint density at radius 1 is 1.42 bits per heavy atom. The van der Waals surface area contributed by atoms with Crippen LogP contribution in [-0.4, -0.2) is 21.3 Å². The van der Waals surface area contributed by atoms with Crippen LogP contribution in [-0.2, 0) is 7.05 Å². The van der Waals surface area contributed by atoms with Crippen LogP contribution in [0.2, 0.25) is 0 Å². The minimum Gasteiger partial charge on any atom is -0.309 e. The molecule has 2 aromatic heterocycles. The molecule has 2 heterocycles. The maximum Gasteiger partial charge on any atom is 0.127 e. The molecule has 0 spiro atoms. The Labute approximate surface area is 118 Å². The zero-order valence-electron chi connectivity index (χ0n) is 12.3. The van der Waals surface area contributed by atoms with Crippen molar-refractivity contribution in [3.63, 3.8) is 0 Å². The second-order valence-corrected chi connectivity index (χ2v) is 5.98. The lowest BCUT2D eigenvalue weighted by Crippen LogP contribution is -2.18. The molecule has 19 heavy (non-hydrogen) atoms. The average molecular weight is 278 g/mol. The molecule has 0 fully saturated rings. The van der Waals surface area contributed by atoms with E-state index in [-0.39, 0.29) is 0 Å². The number of rotatable bonds is 5. The Bertz CT molecular complexity index is 556. The Kier molecular flexibility index (Phi) is 4.37. The van der Waals surface area contributed by atoms with Gasteiger partial charge in [0.1, 0.15) is 5.01 Å². The van der Waals surface area contributed by atoms with E-state index in [1.54, 1.807) is 11.3 Å². The quantitative estimate of drug-likeness (QED) is 0.913. The predicted molar refractivity (Wildman–Crippen MR) is 80.5 cm³/mol. The third-order valence-electron chi connectivity index (χ3n) is 3.37. The lowest BCUT2D eigenvalue weighted by Gasteiger charge is -2.09. The summed E-state index contributed by atoms with van der Waals surface area (Å²) in [7, 11) is 1.98. The molecular formula is C14H22N4S. The molecule has 0 saturated carbocycles. The van der Waals surface area contributed by atoms with Crippen LogP contribution >= 0.6 is 11.3 Å². The highest BCUT2D eigenvalue weighted by Crippen LogP contribution is 2.32. The van der Waals surface area contributed by atoms with E-state index in [4.69, 9.17) is 0 Å². The number of hydrogen-bond donors (Lipinski definition) is 1. The van der Waals surface area contributed by atoms with Crippen LogP contribution in [0.4, 0.5) is 0 Å². The first-order valence-corrected chi connectivity index (χ1v) is 7.56. The lowest BCUT2D eigenvalue weighted by molar-refractivity contribution is 0.577. The van der Waals surface area contributed by atoms with E-state index in [9.17, 15) is 0 Å². The lowest BCUT2D eigenvalue weighted by atomic mass is 10.2. The molecular weight excluding hydrogens is 256 g/mol. The highest BCUT2D eigenvalue weighted by Gasteiger charge is 2.16. The molecule has 0 aromatic carbocycles. The number of nitrogens with one attached hydrogen (secondary N) is 1. The van der Waals surface area contributed by atoms with Crippen molar-refractivity contribution in [2.45, 2.75) is 40.2 Å². The van der Waals surface area contributed by atoms with Gasteiger partial charge in [0, 0.05) is 29.9 Å². The van der Waals surface area contributed by atoms with Gasteiger partial charge in [-0.15, -0.1) is 11.3 Å². The number of nitrogens with zero attached hydrogens (tertiary/aromatic N) is 3. The molecule has 0 amide bonds. The normalized spacial score (nSPS) is 12.9. The second kappa shape index (κ2) is 5.84. The van der Waals surface area contributed by atoms with E-state index in [1.807, 2.05) is 24.9 Å². The van der Waals surface area contributed by atoms with Crippen molar-refractivity contribution < 1.29 is 0 Å². The second-order valence-electron chi connectivity index (χ2n) is 4.91. The molecule has 0 aliphatic heterocycles. The molecule has 2 rings (SSSR count). The summed E-state index contributed by atoms with van der Waals surface area (Å²) < 4.78 is 1.92. The van der Waals surface area contributed by atoms with Crippen LogP contribution in [0.1, 0.15) is 42.6 Å². The van der Waals surface area contributed by atoms with Gasteiger partial charge in [-0.3, -0.25) is 4.68 Å². The van der Waals surface area contributed by atoms with Crippen LogP contribution in [0.3, 0.4) is 0 Å². The van der Waals surface area contributed by atoms with E-state index < -0.39 is 0 Å². The van der Waals surface area contributed by atoms with Crippen LogP contribution in [0.5, 0.6) is 0 Å². The summed E-state index contributed by atoms with van der Waals surface area (Å²) in [6, 6.07) is 0.364. The maximum absolute atomic E-state index is 4.58. The molecule has 0 bridgehead atoms. The van der Waals surface area contributed by atoms with E-state index in [0.717, 1.165) is 23.7 Å².